The summed E-state index contributed by atoms with van der Waals surface area (Å²) in [6, 6.07) is 5.13. The summed E-state index contributed by atoms with van der Waals surface area (Å²) in [5.74, 6) is -1.000. The van der Waals surface area contributed by atoms with E-state index in [2.05, 4.69) is 5.32 Å². The summed E-state index contributed by atoms with van der Waals surface area (Å²) in [5, 5.41) is 12.1. The highest BCUT2D eigenvalue weighted by Crippen LogP contribution is 2.21. The van der Waals surface area contributed by atoms with Gasteiger partial charge in [0.1, 0.15) is 0 Å². The molecule has 3 nitrogen and oxygen atoms in total. The van der Waals surface area contributed by atoms with Crippen molar-refractivity contribution in [2.75, 3.05) is 7.05 Å². The second-order valence-electron chi connectivity index (χ2n) is 3.05. The summed E-state index contributed by atoms with van der Waals surface area (Å²) in [7, 11) is 1.82. The average molecular weight is 214 g/mol. The van der Waals surface area contributed by atoms with E-state index in [4.69, 9.17) is 16.7 Å². The number of aromatic carboxylic acids is 1. The van der Waals surface area contributed by atoms with Crippen LogP contribution in [0, 0.1) is 0 Å². The molecule has 0 aromatic heterocycles. The Hall–Kier alpha value is -1.06. The standard InChI is InChI=1S/C10H12ClNO2/c1-6(12-2)7-3-4-9(11)8(5-7)10(13)14/h3-6,12H,1-2H3,(H,13,14). The molecular weight excluding hydrogens is 202 g/mol. The van der Waals surface area contributed by atoms with Gasteiger partial charge >= 0.3 is 5.97 Å². The second-order valence-corrected chi connectivity index (χ2v) is 3.46. The fraction of sp³-hybridized carbons (Fsp3) is 0.300. The van der Waals surface area contributed by atoms with Gasteiger partial charge in [-0.1, -0.05) is 17.7 Å². The predicted octanol–water partition coefficient (Wildman–Crippen LogP) is 2.32. The van der Waals surface area contributed by atoms with Gasteiger partial charge in [0, 0.05) is 6.04 Å². The number of carbonyl (C=O) groups is 1. The molecule has 1 aromatic carbocycles. The lowest BCUT2D eigenvalue weighted by Gasteiger charge is -2.11. The van der Waals surface area contributed by atoms with Gasteiger partial charge in [-0.05, 0) is 31.7 Å². The number of rotatable bonds is 3. The van der Waals surface area contributed by atoms with Gasteiger partial charge in [-0.15, -0.1) is 0 Å². The molecule has 4 heteroatoms. The maximum absolute atomic E-state index is 10.8. The molecule has 2 N–H and O–H groups in total. The number of hydrogen-bond donors (Lipinski definition) is 2. The molecule has 1 rings (SSSR count). The van der Waals surface area contributed by atoms with Gasteiger partial charge in [-0.2, -0.15) is 0 Å². The maximum atomic E-state index is 10.8. The molecule has 1 unspecified atom stereocenters. The van der Waals surface area contributed by atoms with Crippen molar-refractivity contribution < 1.29 is 9.90 Å². The topological polar surface area (TPSA) is 49.3 Å². The van der Waals surface area contributed by atoms with Crippen molar-refractivity contribution in [3.63, 3.8) is 0 Å². The van der Waals surface area contributed by atoms with Crippen molar-refractivity contribution >= 4 is 17.6 Å². The van der Waals surface area contributed by atoms with Gasteiger partial charge in [-0.25, -0.2) is 4.79 Å². The Balaban J connectivity index is 3.12. The van der Waals surface area contributed by atoms with Crippen LogP contribution in [-0.2, 0) is 0 Å². The molecule has 0 saturated heterocycles. The van der Waals surface area contributed by atoms with Crippen LogP contribution in [0.1, 0.15) is 28.9 Å². The fourth-order valence-corrected chi connectivity index (χ4v) is 1.34. The summed E-state index contributed by atoms with van der Waals surface area (Å²) < 4.78 is 0. The summed E-state index contributed by atoms with van der Waals surface area (Å²) in [4.78, 5) is 10.8. The molecule has 0 saturated carbocycles. The molecule has 0 aliphatic heterocycles. The number of benzene rings is 1. The smallest absolute Gasteiger partial charge is 0.337 e. The molecule has 0 amide bonds. The summed E-state index contributed by atoms with van der Waals surface area (Å²) in [6.45, 7) is 1.95. The molecule has 76 valence electrons. The molecule has 0 aliphatic carbocycles. The Bertz CT molecular complexity index is 352. The van der Waals surface area contributed by atoms with E-state index in [1.165, 1.54) is 0 Å². The van der Waals surface area contributed by atoms with Crippen LogP contribution in [0.4, 0.5) is 0 Å². The molecule has 1 atom stereocenters. The Morgan fingerprint density at radius 2 is 2.21 bits per heavy atom. The summed E-state index contributed by atoms with van der Waals surface area (Å²) in [6.07, 6.45) is 0. The summed E-state index contributed by atoms with van der Waals surface area (Å²) in [5.41, 5.74) is 1.06. The average Bonchev–Trinajstić information content (AvgIpc) is 2.17. The maximum Gasteiger partial charge on any atom is 0.337 e. The molecular formula is C10H12ClNO2. The quantitative estimate of drug-likeness (QED) is 0.810. The molecule has 1 aromatic rings. The molecule has 0 aliphatic rings. The van der Waals surface area contributed by atoms with E-state index in [9.17, 15) is 4.79 Å². The third-order valence-electron chi connectivity index (χ3n) is 2.15. The van der Waals surface area contributed by atoms with Crippen LogP contribution in [-0.4, -0.2) is 18.1 Å². The zero-order valence-electron chi connectivity index (χ0n) is 8.04. The van der Waals surface area contributed by atoms with Crippen molar-refractivity contribution in [1.82, 2.24) is 5.32 Å². The molecule has 0 heterocycles. The first-order valence-electron chi connectivity index (χ1n) is 4.26. The normalized spacial score (nSPS) is 12.5. The van der Waals surface area contributed by atoms with E-state index in [1.807, 2.05) is 20.0 Å². The predicted molar refractivity (Wildman–Crippen MR) is 55.9 cm³/mol. The third kappa shape index (κ3) is 2.25. The number of halogens is 1. The lowest BCUT2D eigenvalue weighted by atomic mass is 10.1. The first-order valence-corrected chi connectivity index (χ1v) is 4.64. The highest BCUT2D eigenvalue weighted by Gasteiger charge is 2.11. The van der Waals surface area contributed by atoms with Crippen LogP contribution in [0.5, 0.6) is 0 Å². The van der Waals surface area contributed by atoms with E-state index in [1.54, 1.807) is 12.1 Å². The van der Waals surface area contributed by atoms with Crippen molar-refractivity contribution in [3.8, 4) is 0 Å². The van der Waals surface area contributed by atoms with Crippen LogP contribution < -0.4 is 5.32 Å². The van der Waals surface area contributed by atoms with Crippen LogP contribution in [0.2, 0.25) is 5.02 Å². The minimum absolute atomic E-state index is 0.116. The van der Waals surface area contributed by atoms with E-state index in [-0.39, 0.29) is 16.6 Å². The Labute approximate surface area is 87.7 Å². The van der Waals surface area contributed by atoms with Gasteiger partial charge in [0.15, 0.2) is 0 Å². The lowest BCUT2D eigenvalue weighted by molar-refractivity contribution is 0.0697. The van der Waals surface area contributed by atoms with Crippen molar-refractivity contribution in [1.29, 1.82) is 0 Å². The highest BCUT2D eigenvalue weighted by molar-refractivity contribution is 6.33. The van der Waals surface area contributed by atoms with Crippen LogP contribution >= 0.6 is 11.6 Å². The molecule has 0 spiro atoms. The molecule has 0 radical (unpaired) electrons. The fourth-order valence-electron chi connectivity index (χ4n) is 1.14. The van der Waals surface area contributed by atoms with Gasteiger partial charge in [0.25, 0.3) is 0 Å². The van der Waals surface area contributed by atoms with Crippen LogP contribution in [0.3, 0.4) is 0 Å². The number of nitrogens with one attached hydrogen (secondary N) is 1. The zero-order valence-corrected chi connectivity index (χ0v) is 8.80. The first-order chi connectivity index (χ1) is 6.56. The monoisotopic (exact) mass is 213 g/mol. The first kappa shape index (κ1) is 11.0. The van der Waals surface area contributed by atoms with E-state index >= 15 is 0 Å². The number of hydrogen-bond acceptors (Lipinski definition) is 2. The summed E-state index contributed by atoms with van der Waals surface area (Å²) >= 11 is 5.74. The minimum atomic E-state index is -1.000. The van der Waals surface area contributed by atoms with Crippen LogP contribution in [0.25, 0.3) is 0 Å². The molecule has 0 fully saturated rings. The van der Waals surface area contributed by atoms with E-state index in [0.717, 1.165) is 5.56 Å². The van der Waals surface area contributed by atoms with Crippen molar-refractivity contribution in [3.05, 3.63) is 34.3 Å². The lowest BCUT2D eigenvalue weighted by Crippen LogP contribution is -2.13. The van der Waals surface area contributed by atoms with Crippen LogP contribution in [0.15, 0.2) is 18.2 Å². The second kappa shape index (κ2) is 4.44. The Kier molecular flexibility index (Phi) is 3.49. The number of carboxylic acid groups (broad SMARTS) is 1. The molecule has 14 heavy (non-hydrogen) atoms. The van der Waals surface area contributed by atoms with Gasteiger partial charge in [-0.3, -0.25) is 0 Å². The molecule has 0 bridgehead atoms. The third-order valence-corrected chi connectivity index (χ3v) is 2.48. The minimum Gasteiger partial charge on any atom is -0.478 e. The van der Waals surface area contributed by atoms with Gasteiger partial charge in [0.2, 0.25) is 0 Å². The SMILES string of the molecule is CNC(C)c1ccc(Cl)c(C(=O)O)c1. The highest BCUT2D eigenvalue weighted by atomic mass is 35.5. The Morgan fingerprint density at radius 3 is 2.71 bits per heavy atom. The Morgan fingerprint density at radius 1 is 1.57 bits per heavy atom. The van der Waals surface area contributed by atoms with E-state index < -0.39 is 5.97 Å². The van der Waals surface area contributed by atoms with Gasteiger partial charge in [0.05, 0.1) is 10.6 Å². The van der Waals surface area contributed by atoms with Gasteiger partial charge < -0.3 is 10.4 Å². The van der Waals surface area contributed by atoms with Crippen molar-refractivity contribution in [2.24, 2.45) is 0 Å². The van der Waals surface area contributed by atoms with Crippen molar-refractivity contribution in [2.45, 2.75) is 13.0 Å². The van der Waals surface area contributed by atoms with E-state index in [0.29, 0.717) is 0 Å². The zero-order chi connectivity index (χ0) is 10.7. The largest absolute Gasteiger partial charge is 0.478 e. The number of carboxylic acids is 1.